The van der Waals surface area contributed by atoms with Gasteiger partial charge in [-0.05, 0) is 45.1 Å². The summed E-state index contributed by atoms with van der Waals surface area (Å²) in [6.07, 6.45) is 4.33. The molecule has 8 nitrogen and oxygen atoms in total. The zero-order valence-electron chi connectivity index (χ0n) is 19.9. The number of aromatic nitrogens is 4. The van der Waals surface area contributed by atoms with Crippen molar-refractivity contribution >= 4 is 16.9 Å². The van der Waals surface area contributed by atoms with E-state index < -0.39 is 5.60 Å². The number of benzene rings is 1. The normalized spacial score (nSPS) is 17.3. The van der Waals surface area contributed by atoms with Gasteiger partial charge in [-0.25, -0.2) is 9.67 Å². The number of fused-ring (bicyclic) bond motifs is 1. The van der Waals surface area contributed by atoms with Gasteiger partial charge in [-0.1, -0.05) is 37.3 Å². The quantitative estimate of drug-likeness (QED) is 0.644. The fourth-order valence-electron chi connectivity index (χ4n) is 4.49. The monoisotopic (exact) mass is 451 g/mol. The fraction of sp³-hybridized carbons (Fsp3) is 0.520. The number of rotatable bonds is 5. The number of hydrogen-bond donors (Lipinski definition) is 1. The average molecular weight is 452 g/mol. The van der Waals surface area contributed by atoms with Gasteiger partial charge in [0.2, 0.25) is 5.91 Å². The van der Waals surface area contributed by atoms with Crippen molar-refractivity contribution in [1.29, 1.82) is 0 Å². The Labute approximate surface area is 193 Å². The Kier molecular flexibility index (Phi) is 6.14. The standard InChI is InChI=1S/C25H33N5O3/c1-18(19-8-6-5-7-9-19)14-21(31)28-12-10-25(33,11-13-28)16-29-17-26-22-20(23(29)32)15-27-30(22)24(2,3)4/h5-9,15,17-18,33H,10-14,16H2,1-4H3/t18-/m1/s1. The average Bonchev–Trinajstić information content (AvgIpc) is 3.22. The van der Waals surface area contributed by atoms with Crippen molar-refractivity contribution in [2.45, 2.75) is 70.6 Å². The Balaban J connectivity index is 1.41. The molecule has 1 aliphatic rings. The smallest absolute Gasteiger partial charge is 0.264 e. The second-order valence-corrected chi connectivity index (χ2v) is 10.3. The molecule has 1 amide bonds. The molecule has 3 heterocycles. The first-order chi connectivity index (χ1) is 15.6. The van der Waals surface area contributed by atoms with E-state index in [9.17, 15) is 14.7 Å². The summed E-state index contributed by atoms with van der Waals surface area (Å²) >= 11 is 0. The van der Waals surface area contributed by atoms with Crippen LogP contribution in [-0.2, 0) is 16.9 Å². The predicted molar refractivity (Wildman–Crippen MR) is 127 cm³/mol. The van der Waals surface area contributed by atoms with E-state index >= 15 is 0 Å². The van der Waals surface area contributed by atoms with Gasteiger partial charge in [0.25, 0.3) is 5.56 Å². The van der Waals surface area contributed by atoms with Gasteiger partial charge in [-0.3, -0.25) is 14.2 Å². The van der Waals surface area contributed by atoms with E-state index in [1.807, 2.05) is 56.0 Å². The summed E-state index contributed by atoms with van der Waals surface area (Å²) in [5.41, 5.74) is 0.142. The van der Waals surface area contributed by atoms with E-state index in [-0.39, 0.29) is 29.5 Å². The van der Waals surface area contributed by atoms with Crippen LogP contribution in [0.2, 0.25) is 0 Å². The molecule has 1 aromatic carbocycles. The molecule has 0 bridgehead atoms. The van der Waals surface area contributed by atoms with Crippen LogP contribution in [0.25, 0.3) is 11.0 Å². The molecule has 1 saturated heterocycles. The van der Waals surface area contributed by atoms with Crippen LogP contribution in [0.5, 0.6) is 0 Å². The Morgan fingerprint density at radius 2 is 1.85 bits per heavy atom. The maximum absolute atomic E-state index is 13.0. The molecule has 1 fully saturated rings. The van der Waals surface area contributed by atoms with E-state index in [0.29, 0.717) is 43.4 Å². The molecule has 0 radical (unpaired) electrons. The molecule has 0 unspecified atom stereocenters. The lowest BCUT2D eigenvalue weighted by molar-refractivity contribution is -0.136. The van der Waals surface area contributed by atoms with Gasteiger partial charge in [-0.15, -0.1) is 0 Å². The molecule has 1 N–H and O–H groups in total. The molecule has 33 heavy (non-hydrogen) atoms. The van der Waals surface area contributed by atoms with Gasteiger partial charge in [0, 0.05) is 19.5 Å². The van der Waals surface area contributed by atoms with Crippen LogP contribution in [0.1, 0.15) is 58.4 Å². The van der Waals surface area contributed by atoms with Crippen LogP contribution >= 0.6 is 0 Å². The largest absolute Gasteiger partial charge is 0.388 e. The molecular formula is C25H33N5O3. The topological polar surface area (TPSA) is 93.2 Å². The van der Waals surface area contributed by atoms with E-state index in [2.05, 4.69) is 17.0 Å². The SMILES string of the molecule is C[C@H](CC(=O)N1CCC(O)(Cn2cnc3c(cnn3C(C)(C)C)c2=O)CC1)c1ccccc1. The van der Waals surface area contributed by atoms with Crippen LogP contribution in [0.3, 0.4) is 0 Å². The molecule has 1 aliphatic heterocycles. The number of nitrogens with zero attached hydrogens (tertiary/aromatic N) is 5. The minimum atomic E-state index is -1.05. The van der Waals surface area contributed by atoms with Crippen LogP contribution in [0.4, 0.5) is 0 Å². The highest BCUT2D eigenvalue weighted by Crippen LogP contribution is 2.27. The summed E-state index contributed by atoms with van der Waals surface area (Å²) in [4.78, 5) is 32.1. The summed E-state index contributed by atoms with van der Waals surface area (Å²) in [7, 11) is 0. The van der Waals surface area contributed by atoms with Gasteiger partial charge in [0.15, 0.2) is 5.65 Å². The summed E-state index contributed by atoms with van der Waals surface area (Å²) in [5.74, 6) is 0.244. The van der Waals surface area contributed by atoms with Crippen LogP contribution in [0, 0.1) is 0 Å². The van der Waals surface area contributed by atoms with E-state index in [0.717, 1.165) is 5.56 Å². The highest BCUT2D eigenvalue weighted by atomic mass is 16.3. The van der Waals surface area contributed by atoms with Crippen LogP contribution in [0.15, 0.2) is 47.7 Å². The lowest BCUT2D eigenvalue weighted by atomic mass is 9.90. The Bertz CT molecular complexity index is 1180. The molecule has 176 valence electrons. The Morgan fingerprint density at radius 3 is 2.48 bits per heavy atom. The molecular weight excluding hydrogens is 418 g/mol. The van der Waals surface area contributed by atoms with Crippen molar-refractivity contribution in [3.8, 4) is 0 Å². The number of aliphatic hydroxyl groups is 1. The number of carbonyl (C=O) groups is 1. The number of hydrogen-bond acceptors (Lipinski definition) is 5. The van der Waals surface area contributed by atoms with Gasteiger partial charge in [-0.2, -0.15) is 5.10 Å². The number of likely N-dealkylation sites (tertiary alicyclic amines) is 1. The Morgan fingerprint density at radius 1 is 1.18 bits per heavy atom. The first kappa shape index (κ1) is 23.2. The lowest BCUT2D eigenvalue weighted by Gasteiger charge is -2.38. The van der Waals surface area contributed by atoms with E-state index in [1.54, 1.807) is 10.9 Å². The summed E-state index contributed by atoms with van der Waals surface area (Å²) in [6, 6.07) is 10.0. The third-order valence-corrected chi connectivity index (χ3v) is 6.55. The van der Waals surface area contributed by atoms with Crippen LogP contribution in [-0.4, -0.2) is 53.9 Å². The van der Waals surface area contributed by atoms with Crippen LogP contribution < -0.4 is 5.56 Å². The molecule has 0 aliphatic carbocycles. The van der Waals surface area contributed by atoms with Crippen molar-refractivity contribution in [3.05, 3.63) is 58.8 Å². The highest BCUT2D eigenvalue weighted by molar-refractivity contribution is 5.77. The maximum Gasteiger partial charge on any atom is 0.264 e. The second-order valence-electron chi connectivity index (χ2n) is 10.3. The summed E-state index contributed by atoms with van der Waals surface area (Å²) in [5, 5.41) is 16.0. The zero-order chi connectivity index (χ0) is 23.8. The van der Waals surface area contributed by atoms with Crippen molar-refractivity contribution < 1.29 is 9.90 Å². The Hall–Kier alpha value is -3.00. The van der Waals surface area contributed by atoms with Gasteiger partial charge in [0.05, 0.1) is 23.9 Å². The van der Waals surface area contributed by atoms with Crippen molar-refractivity contribution in [2.24, 2.45) is 0 Å². The molecule has 2 aromatic heterocycles. The van der Waals surface area contributed by atoms with E-state index in [4.69, 9.17) is 0 Å². The molecule has 0 spiro atoms. The van der Waals surface area contributed by atoms with Gasteiger partial charge in [0.1, 0.15) is 11.7 Å². The lowest BCUT2D eigenvalue weighted by Crippen LogP contribution is -2.49. The summed E-state index contributed by atoms with van der Waals surface area (Å²) in [6.45, 7) is 9.18. The molecule has 4 rings (SSSR count). The maximum atomic E-state index is 13.0. The molecule has 3 aromatic rings. The van der Waals surface area contributed by atoms with E-state index in [1.165, 1.54) is 10.9 Å². The predicted octanol–water partition coefficient (Wildman–Crippen LogP) is 2.90. The fourth-order valence-corrected chi connectivity index (χ4v) is 4.49. The van der Waals surface area contributed by atoms with Gasteiger partial charge < -0.3 is 10.0 Å². The summed E-state index contributed by atoms with van der Waals surface area (Å²) < 4.78 is 3.20. The third kappa shape index (κ3) is 4.85. The first-order valence-electron chi connectivity index (χ1n) is 11.6. The van der Waals surface area contributed by atoms with Gasteiger partial charge >= 0.3 is 0 Å². The first-order valence-corrected chi connectivity index (χ1v) is 11.6. The third-order valence-electron chi connectivity index (χ3n) is 6.55. The molecule has 1 atom stereocenters. The highest BCUT2D eigenvalue weighted by Gasteiger charge is 2.35. The number of piperidine rings is 1. The van der Waals surface area contributed by atoms with Crippen molar-refractivity contribution in [2.75, 3.05) is 13.1 Å². The number of amides is 1. The minimum absolute atomic E-state index is 0.100. The minimum Gasteiger partial charge on any atom is -0.388 e. The second kappa shape index (κ2) is 8.74. The van der Waals surface area contributed by atoms with Crippen molar-refractivity contribution in [3.63, 3.8) is 0 Å². The zero-order valence-corrected chi connectivity index (χ0v) is 19.9. The molecule has 8 heteroatoms. The van der Waals surface area contributed by atoms with Crippen molar-refractivity contribution in [1.82, 2.24) is 24.2 Å². The molecule has 0 saturated carbocycles. The number of carbonyl (C=O) groups excluding carboxylic acids is 1.